The van der Waals surface area contributed by atoms with Crippen molar-refractivity contribution in [3.05, 3.63) is 35.9 Å². The van der Waals surface area contributed by atoms with Gasteiger partial charge in [0.1, 0.15) is 11.6 Å². The summed E-state index contributed by atoms with van der Waals surface area (Å²) in [6.45, 7) is 3.67. The van der Waals surface area contributed by atoms with Gasteiger partial charge in [0.25, 0.3) is 0 Å². The molecule has 1 saturated carbocycles. The monoisotopic (exact) mass is 501 g/mol. The lowest BCUT2D eigenvalue weighted by Crippen LogP contribution is -2.55. The van der Waals surface area contributed by atoms with Crippen LogP contribution < -0.4 is 16.4 Å². The van der Waals surface area contributed by atoms with Gasteiger partial charge in [-0.05, 0) is 38.2 Å². The molecule has 2 fully saturated rings. The summed E-state index contributed by atoms with van der Waals surface area (Å²) in [6.07, 6.45) is -2.04. The van der Waals surface area contributed by atoms with Gasteiger partial charge in [0.2, 0.25) is 11.8 Å². The van der Waals surface area contributed by atoms with E-state index in [1.54, 1.807) is 13.8 Å². The van der Waals surface area contributed by atoms with Gasteiger partial charge < -0.3 is 26.2 Å². The first-order valence-electron chi connectivity index (χ1n) is 11.1. The van der Waals surface area contributed by atoms with Gasteiger partial charge in [-0.3, -0.25) is 14.4 Å². The number of aliphatic carboxylic acids is 1. The van der Waals surface area contributed by atoms with E-state index in [4.69, 9.17) is 20.4 Å². The number of carboxylic acid groups (broad SMARTS) is 1. The molecule has 0 aromatic heterocycles. The Bertz CT molecular complexity index is 915. The van der Waals surface area contributed by atoms with Gasteiger partial charge in [-0.2, -0.15) is 13.2 Å². The number of nitrogens with one attached hydrogen (secondary N) is 2. The Kier molecular flexibility index (Phi) is 9.38. The predicted molar refractivity (Wildman–Crippen MR) is 118 cm³/mol. The normalized spacial score (nSPS) is 21.4. The highest BCUT2D eigenvalue weighted by Crippen LogP contribution is 2.34. The SMILES string of the molecule is C[C@H](N)C(=O)N[C@@H](CC1CC1)C(=O)N[C@@H](Cc1ccccc1)C(=O)[C@@]1(C)CO1.O=C(O)C(F)(F)F. The minimum Gasteiger partial charge on any atom is -0.475 e. The van der Waals surface area contributed by atoms with Crippen molar-refractivity contribution in [3.63, 3.8) is 0 Å². The Hall–Kier alpha value is -2.99. The lowest BCUT2D eigenvalue weighted by Gasteiger charge is -2.24. The molecule has 1 saturated heterocycles. The van der Waals surface area contributed by atoms with Crippen molar-refractivity contribution in [3.8, 4) is 0 Å². The summed E-state index contributed by atoms with van der Waals surface area (Å²) >= 11 is 0. The molecule has 12 heteroatoms. The van der Waals surface area contributed by atoms with Gasteiger partial charge in [-0.1, -0.05) is 43.2 Å². The van der Waals surface area contributed by atoms with Gasteiger partial charge >= 0.3 is 12.1 Å². The summed E-state index contributed by atoms with van der Waals surface area (Å²) in [6, 6.07) is 7.43. The van der Waals surface area contributed by atoms with E-state index in [2.05, 4.69) is 10.6 Å². The summed E-state index contributed by atoms with van der Waals surface area (Å²) in [5.74, 6) is -3.19. The molecular formula is C23H30F3N3O6. The molecular weight excluding hydrogens is 471 g/mol. The zero-order valence-corrected chi connectivity index (χ0v) is 19.4. The quantitative estimate of drug-likeness (QED) is 0.353. The summed E-state index contributed by atoms with van der Waals surface area (Å²) in [5, 5.41) is 12.7. The second kappa shape index (κ2) is 11.6. The van der Waals surface area contributed by atoms with Crippen molar-refractivity contribution in [2.75, 3.05) is 6.61 Å². The van der Waals surface area contributed by atoms with Gasteiger partial charge in [0.15, 0.2) is 5.78 Å². The van der Waals surface area contributed by atoms with Crippen LogP contribution in [-0.4, -0.2) is 65.2 Å². The summed E-state index contributed by atoms with van der Waals surface area (Å²) < 4.78 is 37.0. The maximum Gasteiger partial charge on any atom is 0.490 e. The number of alkyl halides is 3. The van der Waals surface area contributed by atoms with Crippen molar-refractivity contribution in [2.45, 2.75) is 69.4 Å². The van der Waals surface area contributed by atoms with E-state index in [0.29, 0.717) is 25.4 Å². The third-order valence-corrected chi connectivity index (χ3v) is 5.57. The molecule has 0 radical (unpaired) electrons. The molecule has 0 spiro atoms. The molecule has 0 bridgehead atoms. The predicted octanol–water partition coefficient (Wildman–Crippen LogP) is 1.34. The lowest BCUT2D eigenvalue weighted by molar-refractivity contribution is -0.192. The van der Waals surface area contributed by atoms with E-state index in [1.165, 1.54) is 0 Å². The number of benzene rings is 1. The molecule has 35 heavy (non-hydrogen) atoms. The minimum absolute atomic E-state index is 0.145. The number of hydrogen-bond acceptors (Lipinski definition) is 6. The number of epoxide rings is 1. The van der Waals surface area contributed by atoms with Crippen molar-refractivity contribution < 1.29 is 42.2 Å². The molecule has 5 N–H and O–H groups in total. The highest BCUT2D eigenvalue weighted by atomic mass is 19.4. The average Bonchev–Trinajstić information content (AvgIpc) is 3.71. The lowest BCUT2D eigenvalue weighted by atomic mass is 9.94. The van der Waals surface area contributed by atoms with Crippen LogP contribution in [-0.2, 0) is 30.3 Å². The van der Waals surface area contributed by atoms with E-state index in [-0.39, 0.29) is 17.6 Å². The first-order valence-corrected chi connectivity index (χ1v) is 11.1. The Balaban J connectivity index is 0.000000540. The molecule has 4 atom stereocenters. The largest absolute Gasteiger partial charge is 0.490 e. The number of carbonyl (C=O) groups excluding carboxylic acids is 3. The molecule has 1 aliphatic heterocycles. The van der Waals surface area contributed by atoms with Crippen LogP contribution in [0.2, 0.25) is 0 Å². The van der Waals surface area contributed by atoms with Crippen molar-refractivity contribution in [1.82, 2.24) is 10.6 Å². The van der Waals surface area contributed by atoms with Crippen LogP contribution in [0.15, 0.2) is 30.3 Å². The number of ether oxygens (including phenoxy) is 1. The van der Waals surface area contributed by atoms with Crippen LogP contribution in [0.4, 0.5) is 13.2 Å². The number of ketones is 1. The molecule has 194 valence electrons. The van der Waals surface area contributed by atoms with E-state index in [1.807, 2.05) is 30.3 Å². The zero-order chi connectivity index (χ0) is 26.4. The summed E-state index contributed by atoms with van der Waals surface area (Å²) in [7, 11) is 0. The second-order valence-corrected chi connectivity index (χ2v) is 8.97. The fourth-order valence-corrected chi connectivity index (χ4v) is 3.17. The highest BCUT2D eigenvalue weighted by Gasteiger charge is 2.50. The summed E-state index contributed by atoms with van der Waals surface area (Å²) in [5.41, 5.74) is 5.74. The van der Waals surface area contributed by atoms with Gasteiger partial charge in [0.05, 0.1) is 18.7 Å². The molecule has 2 amide bonds. The highest BCUT2D eigenvalue weighted by molar-refractivity contribution is 5.98. The van der Waals surface area contributed by atoms with E-state index in [0.717, 1.165) is 18.4 Å². The number of rotatable bonds is 10. The van der Waals surface area contributed by atoms with Crippen molar-refractivity contribution in [2.24, 2.45) is 11.7 Å². The minimum atomic E-state index is -5.08. The van der Waals surface area contributed by atoms with Crippen LogP contribution in [0.5, 0.6) is 0 Å². The number of amides is 2. The van der Waals surface area contributed by atoms with Crippen LogP contribution >= 0.6 is 0 Å². The number of nitrogens with two attached hydrogens (primary N) is 1. The molecule has 1 aromatic rings. The standard InChI is InChI=1S/C21H29N3O4.C2HF3O2/c1-13(22)19(26)24-17(11-15-8-9-15)20(27)23-16(18(25)21(2)12-28-21)10-14-6-4-3-5-7-14;3-2(4,5)1(6)7/h3-7,13,15-17H,8-12,22H2,1-2H3,(H,23,27)(H,24,26);(H,6,7)/t13-,16-,17-,21+;/m0./s1. The Morgan fingerprint density at radius 2 is 1.63 bits per heavy atom. The van der Waals surface area contributed by atoms with Crippen LogP contribution in [0, 0.1) is 5.92 Å². The van der Waals surface area contributed by atoms with Crippen molar-refractivity contribution >= 4 is 23.6 Å². The Morgan fingerprint density at radius 3 is 2.06 bits per heavy atom. The van der Waals surface area contributed by atoms with Gasteiger partial charge in [0, 0.05) is 0 Å². The fraction of sp³-hybridized carbons (Fsp3) is 0.565. The smallest absolute Gasteiger partial charge is 0.475 e. The zero-order valence-electron chi connectivity index (χ0n) is 19.4. The second-order valence-electron chi connectivity index (χ2n) is 8.97. The molecule has 1 heterocycles. The molecule has 2 aliphatic rings. The molecule has 0 unspecified atom stereocenters. The first kappa shape index (κ1) is 28.2. The maximum absolute atomic E-state index is 13.0. The summed E-state index contributed by atoms with van der Waals surface area (Å²) in [4.78, 5) is 46.8. The van der Waals surface area contributed by atoms with Crippen LogP contribution in [0.1, 0.15) is 38.7 Å². The van der Waals surface area contributed by atoms with Gasteiger partial charge in [-0.15, -0.1) is 0 Å². The Morgan fingerprint density at radius 1 is 1.11 bits per heavy atom. The fourth-order valence-electron chi connectivity index (χ4n) is 3.17. The number of carbonyl (C=O) groups is 4. The molecule has 9 nitrogen and oxygen atoms in total. The Labute approximate surface area is 200 Å². The maximum atomic E-state index is 13.0. The van der Waals surface area contributed by atoms with Crippen LogP contribution in [0.3, 0.4) is 0 Å². The molecule has 1 aliphatic carbocycles. The topological polar surface area (TPSA) is 151 Å². The van der Waals surface area contributed by atoms with E-state index in [9.17, 15) is 27.6 Å². The third-order valence-electron chi connectivity index (χ3n) is 5.57. The molecule has 3 rings (SSSR count). The number of halogens is 3. The first-order chi connectivity index (χ1) is 16.2. The van der Waals surface area contributed by atoms with E-state index < -0.39 is 35.9 Å². The van der Waals surface area contributed by atoms with Crippen molar-refractivity contribution in [1.29, 1.82) is 0 Å². The van der Waals surface area contributed by atoms with E-state index >= 15 is 0 Å². The third kappa shape index (κ3) is 9.29. The molecule has 1 aromatic carbocycles. The van der Waals surface area contributed by atoms with Gasteiger partial charge in [-0.25, -0.2) is 4.79 Å². The number of carboxylic acids is 1. The average molecular weight is 502 g/mol. The van der Waals surface area contributed by atoms with Crippen LogP contribution in [0.25, 0.3) is 0 Å². The number of hydrogen-bond donors (Lipinski definition) is 4. The number of Topliss-reactive ketones (excluding diaryl/α,β-unsaturated/α-hetero) is 1.